The van der Waals surface area contributed by atoms with Crippen molar-refractivity contribution in [2.45, 2.75) is 24.8 Å². The summed E-state index contributed by atoms with van der Waals surface area (Å²) in [4.78, 5) is 7.22. The number of methoxy groups -OCH3 is 1. The van der Waals surface area contributed by atoms with Crippen LogP contribution in [0.3, 0.4) is 0 Å². The minimum atomic E-state index is 0.114. The van der Waals surface area contributed by atoms with E-state index in [2.05, 4.69) is 61.3 Å². The third kappa shape index (κ3) is 4.00. The van der Waals surface area contributed by atoms with Crippen molar-refractivity contribution in [3.05, 3.63) is 64.3 Å². The lowest BCUT2D eigenvalue weighted by Gasteiger charge is -2.29. The van der Waals surface area contributed by atoms with Crippen molar-refractivity contribution in [1.29, 1.82) is 0 Å². The van der Waals surface area contributed by atoms with Gasteiger partial charge in [0, 0.05) is 29.0 Å². The van der Waals surface area contributed by atoms with E-state index in [0.29, 0.717) is 13.2 Å². The van der Waals surface area contributed by atoms with Crippen molar-refractivity contribution in [1.82, 2.24) is 0 Å². The minimum Gasteiger partial charge on any atom is -0.491 e. The molecule has 2 unspecified atom stereocenters. The highest BCUT2D eigenvalue weighted by Crippen LogP contribution is 2.40. The van der Waals surface area contributed by atoms with E-state index in [0.717, 1.165) is 5.76 Å². The molecule has 1 aromatic rings. The molecular weight excluding hydrogens is 318 g/mol. The van der Waals surface area contributed by atoms with E-state index in [1.165, 1.54) is 20.9 Å². The van der Waals surface area contributed by atoms with Gasteiger partial charge in [0.25, 0.3) is 0 Å². The molecule has 0 radical (unpaired) electrons. The fourth-order valence-electron chi connectivity index (χ4n) is 2.87. The van der Waals surface area contributed by atoms with Gasteiger partial charge in [0.15, 0.2) is 0 Å². The van der Waals surface area contributed by atoms with Gasteiger partial charge in [-0.1, -0.05) is 35.5 Å². The standard InChI is InChI=1S/C20H23NO2S/c1-14-5-4-6-16(11-14)24-20-7-8-21-18-13-19(23-10-9-22-3)15(2)12-17(18)20/h4-8,11-13,17-18H,9-10H2,1-3H3. The van der Waals surface area contributed by atoms with Crippen LogP contribution in [-0.4, -0.2) is 32.6 Å². The van der Waals surface area contributed by atoms with Gasteiger partial charge in [-0.05, 0) is 43.7 Å². The number of ether oxygens (including phenoxy) is 2. The first-order valence-electron chi connectivity index (χ1n) is 8.17. The van der Waals surface area contributed by atoms with Crippen molar-refractivity contribution >= 4 is 18.0 Å². The van der Waals surface area contributed by atoms with Crippen LogP contribution in [0.2, 0.25) is 0 Å². The van der Waals surface area contributed by atoms with Crippen LogP contribution in [0.5, 0.6) is 0 Å². The molecule has 4 heteroatoms. The Labute approximate surface area is 148 Å². The number of nitrogens with zero attached hydrogens (tertiary/aromatic N) is 1. The van der Waals surface area contributed by atoms with E-state index in [9.17, 15) is 0 Å². The lowest BCUT2D eigenvalue weighted by molar-refractivity contribution is 0.111. The molecule has 3 rings (SSSR count). The third-order valence-electron chi connectivity index (χ3n) is 4.10. The van der Waals surface area contributed by atoms with Gasteiger partial charge in [0.2, 0.25) is 0 Å². The summed E-state index contributed by atoms with van der Waals surface area (Å²) >= 11 is 1.82. The molecule has 2 aliphatic rings. The first kappa shape index (κ1) is 17.1. The number of aryl methyl sites for hydroxylation is 1. The zero-order valence-electron chi connectivity index (χ0n) is 14.4. The van der Waals surface area contributed by atoms with Crippen molar-refractivity contribution < 1.29 is 9.47 Å². The summed E-state index contributed by atoms with van der Waals surface area (Å²) in [6, 6.07) is 8.73. The van der Waals surface area contributed by atoms with Crippen LogP contribution in [-0.2, 0) is 9.47 Å². The molecule has 1 heterocycles. The molecule has 0 saturated heterocycles. The van der Waals surface area contributed by atoms with Gasteiger partial charge >= 0.3 is 0 Å². The van der Waals surface area contributed by atoms with Gasteiger partial charge in [-0.25, -0.2) is 0 Å². The zero-order chi connectivity index (χ0) is 16.9. The van der Waals surface area contributed by atoms with Crippen molar-refractivity contribution in [3.8, 4) is 0 Å². The Hall–Kier alpha value is -1.78. The molecule has 2 atom stereocenters. The second-order valence-corrected chi connectivity index (χ2v) is 7.17. The van der Waals surface area contributed by atoms with Crippen LogP contribution in [0.25, 0.3) is 0 Å². The highest BCUT2D eigenvalue weighted by molar-refractivity contribution is 8.03. The number of allylic oxidation sites excluding steroid dienone is 2. The smallest absolute Gasteiger partial charge is 0.120 e. The van der Waals surface area contributed by atoms with Crippen LogP contribution in [0.1, 0.15) is 12.5 Å². The summed E-state index contributed by atoms with van der Waals surface area (Å²) in [5.41, 5.74) is 2.45. The molecule has 0 saturated carbocycles. The van der Waals surface area contributed by atoms with Gasteiger partial charge in [-0.15, -0.1) is 0 Å². The lowest BCUT2D eigenvalue weighted by atomic mass is 9.89. The number of fused-ring (bicyclic) bond motifs is 1. The summed E-state index contributed by atoms with van der Waals surface area (Å²) in [5.74, 6) is 1.21. The maximum absolute atomic E-state index is 5.82. The van der Waals surface area contributed by atoms with E-state index in [4.69, 9.17) is 9.47 Å². The maximum Gasteiger partial charge on any atom is 0.120 e. The third-order valence-corrected chi connectivity index (χ3v) is 5.24. The predicted octanol–water partition coefficient (Wildman–Crippen LogP) is 4.55. The SMILES string of the molecule is COCCOC1=CC2N=CC=C(Sc3cccc(C)c3)C2C=C1C. The highest BCUT2D eigenvalue weighted by atomic mass is 32.2. The van der Waals surface area contributed by atoms with Crippen LogP contribution in [0, 0.1) is 12.8 Å². The molecule has 1 aromatic carbocycles. The Morgan fingerprint density at radius 1 is 1.17 bits per heavy atom. The summed E-state index contributed by atoms with van der Waals surface area (Å²) < 4.78 is 10.9. The van der Waals surface area contributed by atoms with Crippen LogP contribution in [0.4, 0.5) is 0 Å². The number of dihydropyridines is 1. The fourth-order valence-corrected chi connectivity index (χ4v) is 4.00. The van der Waals surface area contributed by atoms with Crippen LogP contribution < -0.4 is 0 Å². The number of hydrogen-bond acceptors (Lipinski definition) is 4. The molecule has 0 fully saturated rings. The van der Waals surface area contributed by atoms with E-state index in [-0.39, 0.29) is 12.0 Å². The predicted molar refractivity (Wildman–Crippen MR) is 101 cm³/mol. The summed E-state index contributed by atoms with van der Waals surface area (Å²) in [6.07, 6.45) is 8.45. The molecule has 24 heavy (non-hydrogen) atoms. The zero-order valence-corrected chi connectivity index (χ0v) is 15.2. The van der Waals surface area contributed by atoms with Crippen molar-refractivity contribution in [3.63, 3.8) is 0 Å². The second-order valence-electron chi connectivity index (χ2n) is 6.02. The summed E-state index contributed by atoms with van der Waals surface area (Å²) in [7, 11) is 1.68. The molecule has 126 valence electrons. The van der Waals surface area contributed by atoms with Gasteiger partial charge in [0.1, 0.15) is 12.4 Å². The Bertz CT molecular complexity index is 718. The Balaban J connectivity index is 1.74. The van der Waals surface area contributed by atoms with E-state index in [1.54, 1.807) is 7.11 Å². The Kier molecular flexibility index (Phi) is 5.59. The average molecular weight is 341 g/mol. The fraction of sp³-hybridized carbons (Fsp3) is 0.350. The van der Waals surface area contributed by atoms with Gasteiger partial charge in [-0.2, -0.15) is 0 Å². The molecule has 1 aliphatic heterocycles. The molecule has 3 nitrogen and oxygen atoms in total. The molecular formula is C20H23NO2S. The minimum absolute atomic E-state index is 0.114. The highest BCUT2D eigenvalue weighted by Gasteiger charge is 2.28. The Morgan fingerprint density at radius 3 is 2.83 bits per heavy atom. The number of benzene rings is 1. The average Bonchev–Trinajstić information content (AvgIpc) is 2.56. The summed E-state index contributed by atoms with van der Waals surface area (Å²) in [6.45, 7) is 5.38. The quantitative estimate of drug-likeness (QED) is 0.711. The molecule has 0 N–H and O–H groups in total. The van der Waals surface area contributed by atoms with Gasteiger partial charge in [0.05, 0.1) is 12.6 Å². The van der Waals surface area contributed by atoms with E-state index < -0.39 is 0 Å². The Morgan fingerprint density at radius 2 is 2.04 bits per heavy atom. The molecule has 0 aromatic heterocycles. The van der Waals surface area contributed by atoms with Crippen molar-refractivity contribution in [2.24, 2.45) is 10.9 Å². The first-order valence-corrected chi connectivity index (χ1v) is 8.99. The monoisotopic (exact) mass is 341 g/mol. The lowest BCUT2D eigenvalue weighted by Crippen LogP contribution is -2.24. The molecule has 0 spiro atoms. The van der Waals surface area contributed by atoms with Gasteiger partial charge in [-0.3, -0.25) is 4.99 Å². The van der Waals surface area contributed by atoms with E-state index >= 15 is 0 Å². The normalized spacial score (nSPS) is 22.4. The van der Waals surface area contributed by atoms with Gasteiger partial charge < -0.3 is 9.47 Å². The number of rotatable bonds is 6. The largest absolute Gasteiger partial charge is 0.491 e. The number of aliphatic imine (C=N–C) groups is 1. The molecule has 1 aliphatic carbocycles. The molecule has 0 amide bonds. The van der Waals surface area contributed by atoms with Crippen LogP contribution in [0.15, 0.2) is 68.6 Å². The molecule has 0 bridgehead atoms. The second kappa shape index (κ2) is 7.86. The summed E-state index contributed by atoms with van der Waals surface area (Å²) in [5, 5.41) is 0. The topological polar surface area (TPSA) is 30.8 Å². The van der Waals surface area contributed by atoms with Crippen molar-refractivity contribution in [2.75, 3.05) is 20.3 Å². The maximum atomic E-state index is 5.82. The van der Waals surface area contributed by atoms with Crippen LogP contribution >= 0.6 is 11.8 Å². The van der Waals surface area contributed by atoms with E-state index in [1.807, 2.05) is 18.0 Å². The number of hydrogen-bond donors (Lipinski definition) is 0. The number of thioether (sulfide) groups is 1. The first-order chi connectivity index (χ1) is 11.7.